The lowest BCUT2D eigenvalue weighted by atomic mass is 9.79. The lowest BCUT2D eigenvalue weighted by molar-refractivity contribution is 0.0859. The number of rotatable bonds is 5. The quantitative estimate of drug-likeness (QED) is 0.743. The number of benzene rings is 1. The second kappa shape index (κ2) is 5.87. The van der Waals surface area contributed by atoms with Crippen LogP contribution in [0.2, 0.25) is 0 Å². The fourth-order valence-electron chi connectivity index (χ4n) is 3.02. The molecule has 1 saturated carbocycles. The summed E-state index contributed by atoms with van der Waals surface area (Å²) in [6.07, 6.45) is 8.00. The fourth-order valence-corrected chi connectivity index (χ4v) is 3.02. The zero-order valence-electron chi connectivity index (χ0n) is 11.4. The van der Waals surface area contributed by atoms with Crippen LogP contribution in [0.1, 0.15) is 66.8 Å². The number of ether oxygens (including phenoxy) is 1. The first kappa shape index (κ1) is 12.9. The third kappa shape index (κ3) is 3.06. The van der Waals surface area contributed by atoms with Gasteiger partial charge in [0.25, 0.3) is 0 Å². The normalized spacial score (nSPS) is 23.3. The Morgan fingerprint density at radius 3 is 2.79 bits per heavy atom. The summed E-state index contributed by atoms with van der Waals surface area (Å²) in [6, 6.07) is 8.27. The Balaban J connectivity index is 1.58. The monoisotopic (exact) mass is 258 g/mol. The largest absolute Gasteiger partial charge is 0.378 e. The Labute approximate surface area is 115 Å². The molecule has 0 amide bonds. The van der Waals surface area contributed by atoms with Crippen molar-refractivity contribution >= 4 is 5.78 Å². The molecule has 0 aromatic heterocycles. The van der Waals surface area contributed by atoms with Gasteiger partial charge < -0.3 is 4.74 Å². The summed E-state index contributed by atoms with van der Waals surface area (Å²) in [5, 5.41) is 0. The van der Waals surface area contributed by atoms with Crippen molar-refractivity contribution in [3.63, 3.8) is 0 Å². The number of hydrogen-bond acceptors (Lipinski definition) is 2. The number of hydrogen-bond donors (Lipinski definition) is 0. The van der Waals surface area contributed by atoms with Crippen molar-refractivity contribution in [2.75, 3.05) is 6.61 Å². The Morgan fingerprint density at radius 1 is 1.21 bits per heavy atom. The van der Waals surface area contributed by atoms with E-state index in [0.29, 0.717) is 18.4 Å². The molecule has 0 spiro atoms. The van der Waals surface area contributed by atoms with Crippen LogP contribution in [0.4, 0.5) is 0 Å². The highest BCUT2D eigenvalue weighted by atomic mass is 16.5. The SMILES string of the molecule is O=C(CCC1CCCO1)c1cccc(C2CCC2)c1. The van der Waals surface area contributed by atoms with Gasteiger partial charge in [-0.15, -0.1) is 0 Å². The van der Waals surface area contributed by atoms with Crippen molar-refractivity contribution in [3.05, 3.63) is 35.4 Å². The van der Waals surface area contributed by atoms with Gasteiger partial charge in [0.05, 0.1) is 6.10 Å². The molecule has 2 fully saturated rings. The molecule has 0 N–H and O–H groups in total. The number of Topliss-reactive ketones (excluding diaryl/α,β-unsaturated/α-hetero) is 1. The first-order valence-corrected chi connectivity index (χ1v) is 7.58. The average molecular weight is 258 g/mol. The van der Waals surface area contributed by atoms with Crippen LogP contribution < -0.4 is 0 Å². The molecule has 0 bridgehead atoms. The fraction of sp³-hybridized carbons (Fsp3) is 0.588. The molecule has 0 radical (unpaired) electrons. The highest BCUT2D eigenvalue weighted by Crippen LogP contribution is 2.36. The highest BCUT2D eigenvalue weighted by Gasteiger charge is 2.21. The minimum Gasteiger partial charge on any atom is -0.378 e. The third-order valence-electron chi connectivity index (χ3n) is 4.50. The maximum absolute atomic E-state index is 12.2. The third-order valence-corrected chi connectivity index (χ3v) is 4.50. The van der Waals surface area contributed by atoms with Crippen LogP contribution in [0.3, 0.4) is 0 Å². The molecule has 19 heavy (non-hydrogen) atoms. The van der Waals surface area contributed by atoms with E-state index in [4.69, 9.17) is 4.74 Å². The molecule has 1 unspecified atom stereocenters. The van der Waals surface area contributed by atoms with Gasteiger partial charge in [0.1, 0.15) is 0 Å². The number of carbonyl (C=O) groups excluding carboxylic acids is 1. The molecule has 1 aromatic carbocycles. The van der Waals surface area contributed by atoms with Crippen LogP contribution in [0.15, 0.2) is 24.3 Å². The maximum atomic E-state index is 12.2. The molecule has 1 saturated heterocycles. The van der Waals surface area contributed by atoms with Crippen molar-refractivity contribution < 1.29 is 9.53 Å². The van der Waals surface area contributed by atoms with Crippen molar-refractivity contribution in [1.29, 1.82) is 0 Å². The van der Waals surface area contributed by atoms with Crippen molar-refractivity contribution in [2.24, 2.45) is 0 Å². The molecular formula is C17H22O2. The minimum atomic E-state index is 0.275. The van der Waals surface area contributed by atoms with Crippen LogP contribution in [0.25, 0.3) is 0 Å². The first-order valence-electron chi connectivity index (χ1n) is 7.58. The van der Waals surface area contributed by atoms with Gasteiger partial charge >= 0.3 is 0 Å². The molecule has 2 heteroatoms. The van der Waals surface area contributed by atoms with E-state index < -0.39 is 0 Å². The van der Waals surface area contributed by atoms with E-state index in [0.717, 1.165) is 31.4 Å². The van der Waals surface area contributed by atoms with Crippen LogP contribution >= 0.6 is 0 Å². The Hall–Kier alpha value is -1.15. The highest BCUT2D eigenvalue weighted by molar-refractivity contribution is 5.96. The van der Waals surface area contributed by atoms with E-state index >= 15 is 0 Å². The molecular weight excluding hydrogens is 236 g/mol. The molecule has 3 rings (SSSR count). The molecule has 1 aliphatic heterocycles. The van der Waals surface area contributed by atoms with Gasteiger partial charge in [-0.05, 0) is 49.7 Å². The Morgan fingerprint density at radius 2 is 2.11 bits per heavy atom. The van der Waals surface area contributed by atoms with Gasteiger partial charge in [0.15, 0.2) is 5.78 Å². The summed E-state index contributed by atoms with van der Waals surface area (Å²) in [5.41, 5.74) is 2.25. The summed E-state index contributed by atoms with van der Waals surface area (Å²) in [5.74, 6) is 0.975. The average Bonchev–Trinajstić information content (AvgIpc) is 2.87. The second-order valence-corrected chi connectivity index (χ2v) is 5.85. The van der Waals surface area contributed by atoms with Crippen molar-refractivity contribution in [2.45, 2.75) is 57.0 Å². The molecule has 2 nitrogen and oxygen atoms in total. The first-order chi connectivity index (χ1) is 9.33. The predicted molar refractivity (Wildman–Crippen MR) is 75.6 cm³/mol. The molecule has 1 heterocycles. The van der Waals surface area contributed by atoms with Crippen LogP contribution in [0, 0.1) is 0 Å². The molecule has 1 atom stereocenters. The Kier molecular flexibility index (Phi) is 3.97. The number of carbonyl (C=O) groups is 1. The topological polar surface area (TPSA) is 26.3 Å². The molecule has 1 aliphatic carbocycles. The molecule has 1 aromatic rings. The van der Waals surface area contributed by atoms with Crippen molar-refractivity contribution in [1.82, 2.24) is 0 Å². The summed E-state index contributed by atoms with van der Waals surface area (Å²) < 4.78 is 5.58. The van der Waals surface area contributed by atoms with E-state index in [1.165, 1.54) is 24.8 Å². The van der Waals surface area contributed by atoms with Gasteiger partial charge in [0, 0.05) is 18.6 Å². The number of ketones is 1. The van der Waals surface area contributed by atoms with E-state index in [1.54, 1.807) is 0 Å². The smallest absolute Gasteiger partial charge is 0.162 e. The zero-order valence-corrected chi connectivity index (χ0v) is 11.4. The zero-order chi connectivity index (χ0) is 13.1. The minimum absolute atomic E-state index is 0.275. The van der Waals surface area contributed by atoms with Crippen molar-refractivity contribution in [3.8, 4) is 0 Å². The second-order valence-electron chi connectivity index (χ2n) is 5.85. The summed E-state index contributed by atoms with van der Waals surface area (Å²) in [6.45, 7) is 0.871. The molecule has 102 valence electrons. The van der Waals surface area contributed by atoms with E-state index in [-0.39, 0.29) is 5.78 Å². The van der Waals surface area contributed by atoms with Gasteiger partial charge in [-0.25, -0.2) is 0 Å². The van der Waals surface area contributed by atoms with Crippen LogP contribution in [0.5, 0.6) is 0 Å². The van der Waals surface area contributed by atoms with E-state index in [1.807, 2.05) is 12.1 Å². The van der Waals surface area contributed by atoms with E-state index in [9.17, 15) is 4.79 Å². The maximum Gasteiger partial charge on any atom is 0.162 e. The van der Waals surface area contributed by atoms with Crippen LogP contribution in [-0.4, -0.2) is 18.5 Å². The Bertz CT molecular complexity index is 442. The van der Waals surface area contributed by atoms with Gasteiger partial charge in [0.2, 0.25) is 0 Å². The summed E-state index contributed by atoms with van der Waals surface area (Å²) >= 11 is 0. The standard InChI is InChI=1S/C17H22O2/c18-17(10-9-16-8-3-11-19-16)15-7-2-6-14(12-15)13-4-1-5-13/h2,6-7,12-13,16H,1,3-5,8-11H2. The van der Waals surface area contributed by atoms with Gasteiger partial charge in [-0.3, -0.25) is 4.79 Å². The van der Waals surface area contributed by atoms with Gasteiger partial charge in [-0.2, -0.15) is 0 Å². The van der Waals surface area contributed by atoms with Gasteiger partial charge in [-0.1, -0.05) is 24.6 Å². The lowest BCUT2D eigenvalue weighted by Gasteiger charge is -2.26. The van der Waals surface area contributed by atoms with Crippen LogP contribution in [-0.2, 0) is 4.74 Å². The predicted octanol–water partition coefficient (Wildman–Crippen LogP) is 4.10. The molecule has 2 aliphatic rings. The van der Waals surface area contributed by atoms with E-state index in [2.05, 4.69) is 12.1 Å². The summed E-state index contributed by atoms with van der Waals surface area (Å²) in [7, 11) is 0. The summed E-state index contributed by atoms with van der Waals surface area (Å²) in [4.78, 5) is 12.2. The lowest BCUT2D eigenvalue weighted by Crippen LogP contribution is -2.11.